The van der Waals surface area contributed by atoms with Crippen molar-refractivity contribution in [3.8, 4) is 11.5 Å². The summed E-state index contributed by atoms with van der Waals surface area (Å²) in [6.45, 7) is 5.04. The van der Waals surface area contributed by atoms with Gasteiger partial charge in [-0.25, -0.2) is 0 Å². The average Bonchev–Trinajstić information content (AvgIpc) is 3.50. The number of carbonyl (C=O) groups is 1. The summed E-state index contributed by atoms with van der Waals surface area (Å²) in [5, 5.41) is 3.91. The van der Waals surface area contributed by atoms with Gasteiger partial charge in [-0.3, -0.25) is 9.69 Å². The van der Waals surface area contributed by atoms with Gasteiger partial charge in [0.1, 0.15) is 5.00 Å². The summed E-state index contributed by atoms with van der Waals surface area (Å²) >= 11 is 1.60. The highest BCUT2D eigenvalue weighted by atomic mass is 32.1. The van der Waals surface area contributed by atoms with E-state index in [1.54, 1.807) is 37.7 Å². The number of morpholine rings is 1. The number of rotatable bonds is 8. The maximum absolute atomic E-state index is 12.8. The summed E-state index contributed by atoms with van der Waals surface area (Å²) in [4.78, 5) is 16.4. The van der Waals surface area contributed by atoms with E-state index in [2.05, 4.69) is 29.3 Å². The highest BCUT2D eigenvalue weighted by molar-refractivity contribution is 7.16. The third-order valence-electron chi connectivity index (χ3n) is 5.56. The minimum atomic E-state index is -0.256. The number of carbonyl (C=O) groups excluding carboxylic acids is 1. The molecule has 0 saturated carbocycles. The van der Waals surface area contributed by atoms with Crippen molar-refractivity contribution in [2.45, 2.75) is 19.4 Å². The number of nitrogens with one attached hydrogen (secondary N) is 1. The molecule has 1 atom stereocenters. The van der Waals surface area contributed by atoms with E-state index in [4.69, 9.17) is 18.6 Å². The molecule has 4 rings (SSSR count). The van der Waals surface area contributed by atoms with Gasteiger partial charge in [0.2, 0.25) is 0 Å². The minimum Gasteiger partial charge on any atom is -0.493 e. The SMILES string of the molecule is CCc1cc(C(c2ccc(OC)c(OC)c2)N2CCOCC2)c(NC(=O)c2ccco2)s1. The Morgan fingerprint density at radius 1 is 1.16 bits per heavy atom. The van der Waals surface area contributed by atoms with Crippen molar-refractivity contribution in [1.82, 2.24) is 4.90 Å². The van der Waals surface area contributed by atoms with Crippen LogP contribution in [0.25, 0.3) is 0 Å². The lowest BCUT2D eigenvalue weighted by Crippen LogP contribution is -2.39. The third-order valence-corrected chi connectivity index (χ3v) is 6.77. The Morgan fingerprint density at radius 2 is 1.94 bits per heavy atom. The van der Waals surface area contributed by atoms with Crippen LogP contribution in [-0.2, 0) is 11.2 Å². The molecule has 1 aliphatic heterocycles. The lowest BCUT2D eigenvalue weighted by atomic mass is 9.97. The van der Waals surface area contributed by atoms with Crippen LogP contribution >= 0.6 is 11.3 Å². The summed E-state index contributed by atoms with van der Waals surface area (Å²) in [5.41, 5.74) is 2.12. The fourth-order valence-electron chi connectivity index (χ4n) is 3.95. The number of furan rings is 1. The number of aryl methyl sites for hydroxylation is 1. The normalized spacial score (nSPS) is 15.3. The zero-order valence-electron chi connectivity index (χ0n) is 18.6. The van der Waals surface area contributed by atoms with E-state index in [1.807, 2.05) is 12.1 Å². The van der Waals surface area contributed by atoms with Gasteiger partial charge in [-0.2, -0.15) is 0 Å². The molecular weight excluding hydrogens is 428 g/mol. The molecule has 0 aliphatic carbocycles. The Kier molecular flexibility index (Phi) is 7.14. The van der Waals surface area contributed by atoms with Crippen LogP contribution < -0.4 is 14.8 Å². The number of ether oxygens (including phenoxy) is 3. The first-order valence-electron chi connectivity index (χ1n) is 10.7. The number of anilines is 1. The maximum atomic E-state index is 12.8. The van der Waals surface area contributed by atoms with Gasteiger partial charge in [-0.1, -0.05) is 13.0 Å². The van der Waals surface area contributed by atoms with Crippen LogP contribution in [0, 0.1) is 0 Å². The molecule has 1 fully saturated rings. The van der Waals surface area contributed by atoms with Gasteiger partial charge in [-0.15, -0.1) is 11.3 Å². The predicted octanol–water partition coefficient (Wildman–Crippen LogP) is 4.59. The molecule has 1 saturated heterocycles. The molecule has 170 valence electrons. The van der Waals surface area contributed by atoms with Crippen LogP contribution in [0.1, 0.15) is 39.5 Å². The highest BCUT2D eigenvalue weighted by Gasteiger charge is 2.29. The van der Waals surface area contributed by atoms with Gasteiger partial charge in [0.05, 0.1) is 39.7 Å². The molecule has 0 bridgehead atoms. The highest BCUT2D eigenvalue weighted by Crippen LogP contribution is 2.42. The zero-order valence-corrected chi connectivity index (χ0v) is 19.4. The van der Waals surface area contributed by atoms with Crippen molar-refractivity contribution in [2.24, 2.45) is 0 Å². The number of benzene rings is 1. The van der Waals surface area contributed by atoms with Crippen LogP contribution in [0.15, 0.2) is 47.1 Å². The van der Waals surface area contributed by atoms with E-state index in [0.29, 0.717) is 24.7 Å². The van der Waals surface area contributed by atoms with Crippen molar-refractivity contribution in [2.75, 3.05) is 45.8 Å². The van der Waals surface area contributed by atoms with Crippen LogP contribution in [0.4, 0.5) is 5.00 Å². The molecule has 0 radical (unpaired) electrons. The van der Waals surface area contributed by atoms with Crippen LogP contribution in [-0.4, -0.2) is 51.3 Å². The molecule has 1 unspecified atom stereocenters. The van der Waals surface area contributed by atoms with Gasteiger partial charge < -0.3 is 23.9 Å². The predicted molar refractivity (Wildman–Crippen MR) is 124 cm³/mol. The maximum Gasteiger partial charge on any atom is 0.291 e. The Labute approximate surface area is 191 Å². The number of methoxy groups -OCH3 is 2. The number of nitrogens with zero attached hydrogens (tertiary/aromatic N) is 1. The molecule has 1 aliphatic rings. The molecule has 3 heterocycles. The van der Waals surface area contributed by atoms with Gasteiger partial charge >= 0.3 is 0 Å². The quantitative estimate of drug-likeness (QED) is 0.534. The van der Waals surface area contributed by atoms with E-state index < -0.39 is 0 Å². The monoisotopic (exact) mass is 456 g/mol. The molecule has 8 heteroatoms. The molecule has 3 aromatic rings. The largest absolute Gasteiger partial charge is 0.493 e. The van der Waals surface area contributed by atoms with Gasteiger partial charge in [0.25, 0.3) is 5.91 Å². The van der Waals surface area contributed by atoms with Crippen molar-refractivity contribution in [3.63, 3.8) is 0 Å². The molecule has 32 heavy (non-hydrogen) atoms. The van der Waals surface area contributed by atoms with E-state index in [0.717, 1.165) is 35.6 Å². The van der Waals surface area contributed by atoms with Crippen LogP contribution in [0.5, 0.6) is 11.5 Å². The standard InChI is InChI=1S/C24H28N2O5S/c1-4-17-15-18(24(32-17)25-23(27)20-6-5-11-31-20)22(26-9-12-30-13-10-26)16-7-8-19(28-2)21(14-16)29-3/h5-8,11,14-15,22H,4,9-10,12-13H2,1-3H3,(H,25,27). The first kappa shape index (κ1) is 22.4. The van der Waals surface area contributed by atoms with Gasteiger partial charge in [0.15, 0.2) is 17.3 Å². The molecule has 1 aromatic carbocycles. The summed E-state index contributed by atoms with van der Waals surface area (Å²) in [5.74, 6) is 1.39. The number of hydrogen-bond donors (Lipinski definition) is 1. The number of thiophene rings is 1. The second-order valence-electron chi connectivity index (χ2n) is 7.45. The van der Waals surface area contributed by atoms with E-state index in [1.165, 1.54) is 11.1 Å². The topological polar surface area (TPSA) is 73.2 Å². The lowest BCUT2D eigenvalue weighted by Gasteiger charge is -2.35. The first-order chi connectivity index (χ1) is 15.6. The summed E-state index contributed by atoms with van der Waals surface area (Å²) < 4.78 is 21.9. The summed E-state index contributed by atoms with van der Waals surface area (Å²) in [6, 6.07) is 11.5. The summed E-state index contributed by atoms with van der Waals surface area (Å²) in [7, 11) is 3.27. The average molecular weight is 457 g/mol. The third kappa shape index (κ3) is 4.67. The van der Waals surface area contributed by atoms with E-state index >= 15 is 0 Å². The Hall–Kier alpha value is -2.81. The smallest absolute Gasteiger partial charge is 0.291 e. The second kappa shape index (κ2) is 10.2. The zero-order chi connectivity index (χ0) is 22.5. The van der Waals surface area contributed by atoms with Crippen molar-refractivity contribution in [1.29, 1.82) is 0 Å². The Morgan fingerprint density at radius 3 is 2.59 bits per heavy atom. The fourth-order valence-corrected chi connectivity index (χ4v) is 4.98. The molecular formula is C24H28N2O5S. The van der Waals surface area contributed by atoms with Gasteiger partial charge in [-0.05, 0) is 42.3 Å². The van der Waals surface area contributed by atoms with E-state index in [-0.39, 0.29) is 17.7 Å². The fraction of sp³-hybridized carbons (Fsp3) is 0.375. The Balaban J connectivity index is 1.77. The molecule has 0 spiro atoms. The van der Waals surface area contributed by atoms with Crippen LogP contribution in [0.2, 0.25) is 0 Å². The van der Waals surface area contributed by atoms with Crippen LogP contribution in [0.3, 0.4) is 0 Å². The lowest BCUT2D eigenvalue weighted by molar-refractivity contribution is 0.0241. The molecule has 7 nitrogen and oxygen atoms in total. The van der Waals surface area contributed by atoms with Crippen molar-refractivity contribution in [3.05, 3.63) is 64.4 Å². The van der Waals surface area contributed by atoms with Crippen molar-refractivity contribution >= 4 is 22.2 Å². The first-order valence-corrected chi connectivity index (χ1v) is 11.5. The molecule has 1 N–H and O–H groups in total. The number of amides is 1. The molecule has 1 amide bonds. The van der Waals surface area contributed by atoms with Gasteiger partial charge in [0, 0.05) is 23.5 Å². The number of hydrogen-bond acceptors (Lipinski definition) is 7. The van der Waals surface area contributed by atoms with Crippen molar-refractivity contribution < 1.29 is 23.4 Å². The Bertz CT molecular complexity index is 1040. The molecule has 2 aromatic heterocycles. The summed E-state index contributed by atoms with van der Waals surface area (Å²) in [6.07, 6.45) is 2.39. The minimum absolute atomic E-state index is 0.0674. The second-order valence-corrected chi connectivity index (χ2v) is 8.58. The van der Waals surface area contributed by atoms with E-state index in [9.17, 15) is 4.79 Å².